The Morgan fingerprint density at radius 3 is 2.87 bits per heavy atom. The SMILES string of the molecule is CC(C)NCc1cc2ccc(N)cc2o1. The zero-order valence-electron chi connectivity index (χ0n) is 9.08. The second-order valence-corrected chi connectivity index (χ2v) is 4.05. The van der Waals surface area contributed by atoms with Crippen molar-refractivity contribution in [3.05, 3.63) is 30.0 Å². The summed E-state index contributed by atoms with van der Waals surface area (Å²) in [6.07, 6.45) is 0. The van der Waals surface area contributed by atoms with E-state index >= 15 is 0 Å². The Morgan fingerprint density at radius 1 is 1.33 bits per heavy atom. The molecule has 1 aromatic carbocycles. The summed E-state index contributed by atoms with van der Waals surface area (Å²) < 4.78 is 5.66. The van der Waals surface area contributed by atoms with E-state index in [1.165, 1.54) is 0 Å². The first-order chi connectivity index (χ1) is 7.15. The first kappa shape index (κ1) is 10.1. The molecule has 0 fully saturated rings. The molecule has 2 aromatic rings. The predicted molar refractivity (Wildman–Crippen MR) is 62.6 cm³/mol. The minimum Gasteiger partial charge on any atom is -0.460 e. The van der Waals surface area contributed by atoms with Crippen molar-refractivity contribution in [2.75, 3.05) is 5.73 Å². The zero-order chi connectivity index (χ0) is 10.8. The molecule has 15 heavy (non-hydrogen) atoms. The third kappa shape index (κ3) is 2.30. The van der Waals surface area contributed by atoms with Gasteiger partial charge in [0.05, 0.1) is 6.54 Å². The van der Waals surface area contributed by atoms with Crippen molar-refractivity contribution in [2.45, 2.75) is 26.4 Å². The van der Waals surface area contributed by atoms with E-state index < -0.39 is 0 Å². The van der Waals surface area contributed by atoms with Gasteiger partial charge in [-0.3, -0.25) is 0 Å². The molecule has 0 radical (unpaired) electrons. The second kappa shape index (κ2) is 3.95. The molecule has 0 saturated heterocycles. The van der Waals surface area contributed by atoms with Crippen LogP contribution < -0.4 is 11.1 Å². The summed E-state index contributed by atoms with van der Waals surface area (Å²) in [7, 11) is 0. The van der Waals surface area contributed by atoms with E-state index in [1.54, 1.807) is 0 Å². The van der Waals surface area contributed by atoms with Crippen molar-refractivity contribution in [2.24, 2.45) is 0 Å². The molecule has 0 saturated carbocycles. The fourth-order valence-corrected chi connectivity index (χ4v) is 1.49. The summed E-state index contributed by atoms with van der Waals surface area (Å²) in [5, 5.41) is 4.41. The molecule has 0 atom stereocenters. The van der Waals surface area contributed by atoms with Crippen LogP contribution in [-0.4, -0.2) is 6.04 Å². The molecule has 0 bridgehead atoms. The van der Waals surface area contributed by atoms with E-state index in [-0.39, 0.29) is 0 Å². The van der Waals surface area contributed by atoms with Gasteiger partial charge in [-0.2, -0.15) is 0 Å². The Bertz CT molecular complexity index is 460. The van der Waals surface area contributed by atoms with Crippen LogP contribution in [-0.2, 0) is 6.54 Å². The van der Waals surface area contributed by atoms with E-state index in [9.17, 15) is 0 Å². The molecule has 0 unspecified atom stereocenters. The molecule has 3 heteroatoms. The second-order valence-electron chi connectivity index (χ2n) is 4.05. The quantitative estimate of drug-likeness (QED) is 0.755. The van der Waals surface area contributed by atoms with Crippen LogP contribution in [0.2, 0.25) is 0 Å². The van der Waals surface area contributed by atoms with Crippen LogP contribution in [0, 0.1) is 0 Å². The number of benzene rings is 1. The number of nitrogen functional groups attached to an aromatic ring is 1. The topological polar surface area (TPSA) is 51.2 Å². The Hall–Kier alpha value is -1.48. The van der Waals surface area contributed by atoms with Gasteiger partial charge in [-0.25, -0.2) is 0 Å². The highest BCUT2D eigenvalue weighted by molar-refractivity contribution is 5.81. The smallest absolute Gasteiger partial charge is 0.136 e. The van der Waals surface area contributed by atoms with Crippen molar-refractivity contribution in [3.63, 3.8) is 0 Å². The van der Waals surface area contributed by atoms with E-state index in [0.29, 0.717) is 6.04 Å². The lowest BCUT2D eigenvalue weighted by atomic mass is 10.2. The highest BCUT2D eigenvalue weighted by Crippen LogP contribution is 2.21. The summed E-state index contributed by atoms with van der Waals surface area (Å²) in [4.78, 5) is 0. The monoisotopic (exact) mass is 204 g/mol. The number of hydrogen-bond donors (Lipinski definition) is 2. The third-order valence-corrected chi connectivity index (χ3v) is 2.28. The van der Waals surface area contributed by atoms with Crippen LogP contribution in [0.3, 0.4) is 0 Å². The van der Waals surface area contributed by atoms with Crippen LogP contribution in [0.25, 0.3) is 11.0 Å². The average molecular weight is 204 g/mol. The summed E-state index contributed by atoms with van der Waals surface area (Å²) in [6, 6.07) is 8.23. The van der Waals surface area contributed by atoms with Crippen molar-refractivity contribution in [1.82, 2.24) is 5.32 Å². The van der Waals surface area contributed by atoms with Gasteiger partial charge in [0.1, 0.15) is 11.3 Å². The molecular weight excluding hydrogens is 188 g/mol. The lowest BCUT2D eigenvalue weighted by molar-refractivity contribution is 0.488. The fraction of sp³-hybridized carbons (Fsp3) is 0.333. The molecule has 3 nitrogen and oxygen atoms in total. The minimum atomic E-state index is 0.461. The normalized spacial score (nSPS) is 11.4. The molecule has 0 aliphatic carbocycles. The van der Waals surface area contributed by atoms with Crippen molar-refractivity contribution < 1.29 is 4.42 Å². The van der Waals surface area contributed by atoms with Gasteiger partial charge in [0.15, 0.2) is 0 Å². The number of nitrogens with two attached hydrogens (primary N) is 1. The van der Waals surface area contributed by atoms with Crippen molar-refractivity contribution in [3.8, 4) is 0 Å². The number of nitrogens with one attached hydrogen (secondary N) is 1. The minimum absolute atomic E-state index is 0.461. The zero-order valence-corrected chi connectivity index (χ0v) is 9.08. The van der Waals surface area contributed by atoms with E-state index in [1.807, 2.05) is 24.3 Å². The standard InChI is InChI=1S/C12H16N2O/c1-8(2)14-7-11-5-9-3-4-10(13)6-12(9)15-11/h3-6,8,14H,7,13H2,1-2H3. The molecule has 0 aliphatic rings. The molecular formula is C12H16N2O. The van der Waals surface area contributed by atoms with E-state index in [4.69, 9.17) is 10.2 Å². The Morgan fingerprint density at radius 2 is 2.13 bits per heavy atom. The number of fused-ring (bicyclic) bond motifs is 1. The van der Waals surface area contributed by atoms with Crippen LogP contribution in [0.1, 0.15) is 19.6 Å². The maximum atomic E-state index is 5.68. The number of anilines is 1. The number of furan rings is 1. The van der Waals surface area contributed by atoms with Gasteiger partial charge < -0.3 is 15.5 Å². The Kier molecular flexibility index (Phi) is 2.64. The van der Waals surface area contributed by atoms with Gasteiger partial charge in [0.2, 0.25) is 0 Å². The predicted octanol–water partition coefficient (Wildman–Crippen LogP) is 2.51. The molecule has 3 N–H and O–H groups in total. The van der Waals surface area contributed by atoms with Gasteiger partial charge >= 0.3 is 0 Å². The van der Waals surface area contributed by atoms with Gasteiger partial charge in [0.25, 0.3) is 0 Å². The molecule has 0 spiro atoms. The first-order valence-corrected chi connectivity index (χ1v) is 5.16. The lowest BCUT2D eigenvalue weighted by Gasteiger charge is -2.04. The molecule has 2 rings (SSSR count). The molecule has 1 aromatic heterocycles. The highest BCUT2D eigenvalue weighted by Gasteiger charge is 2.04. The van der Waals surface area contributed by atoms with Crippen LogP contribution >= 0.6 is 0 Å². The van der Waals surface area contributed by atoms with Crippen molar-refractivity contribution in [1.29, 1.82) is 0 Å². The average Bonchev–Trinajstić information content (AvgIpc) is 2.56. The largest absolute Gasteiger partial charge is 0.460 e. The number of rotatable bonds is 3. The maximum Gasteiger partial charge on any atom is 0.136 e. The number of hydrogen-bond acceptors (Lipinski definition) is 3. The Balaban J connectivity index is 2.23. The van der Waals surface area contributed by atoms with Crippen LogP contribution in [0.4, 0.5) is 5.69 Å². The molecule has 0 amide bonds. The van der Waals surface area contributed by atoms with Gasteiger partial charge in [-0.15, -0.1) is 0 Å². The summed E-state index contributed by atoms with van der Waals surface area (Å²) >= 11 is 0. The molecule has 80 valence electrons. The molecule has 0 aliphatic heterocycles. The lowest BCUT2D eigenvalue weighted by Crippen LogP contribution is -2.21. The molecule has 1 heterocycles. The first-order valence-electron chi connectivity index (χ1n) is 5.16. The van der Waals surface area contributed by atoms with Gasteiger partial charge in [-0.1, -0.05) is 13.8 Å². The highest BCUT2D eigenvalue weighted by atomic mass is 16.3. The van der Waals surface area contributed by atoms with E-state index in [2.05, 4.69) is 19.2 Å². The Labute approximate surface area is 89.3 Å². The van der Waals surface area contributed by atoms with E-state index in [0.717, 1.165) is 29.0 Å². The van der Waals surface area contributed by atoms with Crippen LogP contribution in [0.5, 0.6) is 0 Å². The third-order valence-electron chi connectivity index (χ3n) is 2.28. The summed E-state index contributed by atoms with van der Waals surface area (Å²) in [5.41, 5.74) is 7.27. The fourth-order valence-electron chi connectivity index (χ4n) is 1.49. The summed E-state index contributed by atoms with van der Waals surface area (Å²) in [5.74, 6) is 0.948. The van der Waals surface area contributed by atoms with Gasteiger partial charge in [0, 0.05) is 23.2 Å². The maximum absolute atomic E-state index is 5.68. The summed E-state index contributed by atoms with van der Waals surface area (Å²) in [6.45, 7) is 4.98. The van der Waals surface area contributed by atoms with Crippen LogP contribution in [0.15, 0.2) is 28.7 Å². The van der Waals surface area contributed by atoms with Gasteiger partial charge in [-0.05, 0) is 18.2 Å². The van der Waals surface area contributed by atoms with Crippen molar-refractivity contribution >= 4 is 16.7 Å².